The Hall–Kier alpha value is -1.62. The van der Waals surface area contributed by atoms with Gasteiger partial charge in [0.2, 0.25) is 0 Å². The quantitative estimate of drug-likeness (QED) is 0.825. The lowest BCUT2D eigenvalue weighted by Gasteiger charge is -2.19. The number of anilines is 1. The van der Waals surface area contributed by atoms with Crippen molar-refractivity contribution in [2.24, 2.45) is 0 Å². The second-order valence-corrected chi connectivity index (χ2v) is 4.31. The van der Waals surface area contributed by atoms with E-state index in [2.05, 4.69) is 5.32 Å². The molecule has 5 heteroatoms. The first-order valence-corrected chi connectivity index (χ1v) is 6.38. The van der Waals surface area contributed by atoms with E-state index in [1.165, 1.54) is 11.0 Å². The van der Waals surface area contributed by atoms with Gasteiger partial charge in [0, 0.05) is 27.2 Å². The third kappa shape index (κ3) is 4.21. The molecule has 0 fully saturated rings. The van der Waals surface area contributed by atoms with Crippen LogP contribution in [0.15, 0.2) is 18.2 Å². The van der Waals surface area contributed by atoms with Crippen molar-refractivity contribution < 1.29 is 13.9 Å². The Morgan fingerprint density at radius 2 is 2.21 bits per heavy atom. The van der Waals surface area contributed by atoms with Crippen LogP contribution in [0.3, 0.4) is 0 Å². The van der Waals surface area contributed by atoms with Crippen LogP contribution in [0.2, 0.25) is 0 Å². The normalized spacial score (nSPS) is 10.3. The molecule has 0 heterocycles. The molecular formula is C14H21FN2O2. The molecule has 0 atom stereocenters. The highest BCUT2D eigenvalue weighted by Crippen LogP contribution is 2.21. The van der Waals surface area contributed by atoms with E-state index in [1.54, 1.807) is 26.3 Å². The molecule has 1 aromatic rings. The van der Waals surface area contributed by atoms with E-state index in [-0.39, 0.29) is 11.6 Å². The van der Waals surface area contributed by atoms with Crippen LogP contribution in [0.4, 0.5) is 10.1 Å². The number of nitrogens with one attached hydrogen (secondary N) is 1. The largest absolute Gasteiger partial charge is 0.383 e. The zero-order chi connectivity index (χ0) is 14.3. The minimum Gasteiger partial charge on any atom is -0.383 e. The highest BCUT2D eigenvalue weighted by atomic mass is 19.1. The van der Waals surface area contributed by atoms with Gasteiger partial charge in [-0.2, -0.15) is 0 Å². The summed E-state index contributed by atoms with van der Waals surface area (Å²) in [5.41, 5.74) is 0.630. The first-order chi connectivity index (χ1) is 9.11. The number of amides is 1. The summed E-state index contributed by atoms with van der Waals surface area (Å²) < 4.78 is 18.7. The lowest BCUT2D eigenvalue weighted by molar-refractivity contribution is 0.0745. The van der Waals surface area contributed by atoms with Crippen LogP contribution in [0.25, 0.3) is 0 Å². The zero-order valence-corrected chi connectivity index (χ0v) is 11.7. The van der Waals surface area contributed by atoms with Gasteiger partial charge < -0.3 is 15.0 Å². The molecule has 0 saturated heterocycles. The molecule has 0 saturated carbocycles. The molecule has 0 aliphatic carbocycles. The van der Waals surface area contributed by atoms with E-state index in [0.717, 1.165) is 6.42 Å². The lowest BCUT2D eigenvalue weighted by atomic mass is 10.1. The van der Waals surface area contributed by atoms with Crippen LogP contribution < -0.4 is 5.32 Å². The van der Waals surface area contributed by atoms with Crippen molar-refractivity contribution in [3.63, 3.8) is 0 Å². The van der Waals surface area contributed by atoms with Crippen molar-refractivity contribution in [2.45, 2.75) is 13.3 Å². The van der Waals surface area contributed by atoms with Crippen molar-refractivity contribution in [2.75, 3.05) is 39.2 Å². The number of ether oxygens (including phenoxy) is 1. The molecule has 1 aromatic carbocycles. The first kappa shape index (κ1) is 15.4. The number of nitrogens with zero attached hydrogens (tertiary/aromatic N) is 1. The zero-order valence-electron chi connectivity index (χ0n) is 11.7. The molecule has 0 spiro atoms. The third-order valence-electron chi connectivity index (χ3n) is 2.77. The lowest BCUT2D eigenvalue weighted by Crippen LogP contribution is -2.30. The van der Waals surface area contributed by atoms with Gasteiger partial charge in [0.1, 0.15) is 5.82 Å². The number of hydrogen-bond donors (Lipinski definition) is 1. The molecule has 0 aliphatic heterocycles. The van der Waals surface area contributed by atoms with Crippen LogP contribution in [0, 0.1) is 5.82 Å². The number of rotatable bonds is 7. The number of carbonyl (C=O) groups excluding carboxylic acids is 1. The first-order valence-electron chi connectivity index (χ1n) is 6.38. The Bertz CT molecular complexity index is 424. The number of benzene rings is 1. The minimum absolute atomic E-state index is 0.213. The van der Waals surface area contributed by atoms with Crippen molar-refractivity contribution in [1.82, 2.24) is 4.90 Å². The molecule has 19 heavy (non-hydrogen) atoms. The second kappa shape index (κ2) is 7.74. The van der Waals surface area contributed by atoms with Crippen molar-refractivity contribution in [3.05, 3.63) is 29.6 Å². The molecule has 1 amide bonds. The van der Waals surface area contributed by atoms with Gasteiger partial charge in [-0.05, 0) is 18.6 Å². The summed E-state index contributed by atoms with van der Waals surface area (Å²) in [5, 5.41) is 2.97. The summed E-state index contributed by atoms with van der Waals surface area (Å²) in [7, 11) is 3.25. The fourth-order valence-electron chi connectivity index (χ4n) is 1.67. The molecular weight excluding hydrogens is 247 g/mol. The predicted molar refractivity (Wildman–Crippen MR) is 74.0 cm³/mol. The maximum Gasteiger partial charge on any atom is 0.255 e. The molecule has 0 unspecified atom stereocenters. The van der Waals surface area contributed by atoms with Gasteiger partial charge in [-0.3, -0.25) is 4.79 Å². The number of carbonyl (C=O) groups is 1. The van der Waals surface area contributed by atoms with Gasteiger partial charge in [0.05, 0.1) is 17.9 Å². The maximum absolute atomic E-state index is 13.8. The SMILES string of the molecule is CCCNc1c(F)cccc1C(=O)N(C)CCOC. The van der Waals surface area contributed by atoms with Crippen molar-refractivity contribution in [3.8, 4) is 0 Å². The average Bonchev–Trinajstić information content (AvgIpc) is 2.42. The van der Waals surface area contributed by atoms with Gasteiger partial charge in [0.15, 0.2) is 0 Å². The highest BCUT2D eigenvalue weighted by molar-refractivity contribution is 5.99. The Morgan fingerprint density at radius 1 is 1.47 bits per heavy atom. The van der Waals surface area contributed by atoms with Gasteiger partial charge in [-0.15, -0.1) is 0 Å². The third-order valence-corrected chi connectivity index (χ3v) is 2.77. The van der Waals surface area contributed by atoms with Crippen LogP contribution in [-0.4, -0.2) is 44.7 Å². The molecule has 0 aromatic heterocycles. The standard InChI is InChI=1S/C14H21FN2O2/c1-4-8-16-13-11(6-5-7-12(13)15)14(18)17(2)9-10-19-3/h5-7,16H,4,8-10H2,1-3H3. The minimum atomic E-state index is -0.403. The monoisotopic (exact) mass is 268 g/mol. The van der Waals surface area contributed by atoms with Crippen LogP contribution in [0.1, 0.15) is 23.7 Å². The van der Waals surface area contributed by atoms with Crippen LogP contribution in [0.5, 0.6) is 0 Å². The highest BCUT2D eigenvalue weighted by Gasteiger charge is 2.17. The summed E-state index contributed by atoms with van der Waals surface area (Å²) in [6.07, 6.45) is 0.863. The fraction of sp³-hybridized carbons (Fsp3) is 0.500. The Balaban J connectivity index is 2.91. The Kier molecular flexibility index (Phi) is 6.29. The summed E-state index contributed by atoms with van der Waals surface area (Å²) in [5.74, 6) is -0.616. The van der Waals surface area contributed by atoms with E-state index < -0.39 is 5.82 Å². The molecule has 0 bridgehead atoms. The summed E-state index contributed by atoms with van der Waals surface area (Å²) in [6, 6.07) is 4.53. The van der Waals surface area contributed by atoms with Gasteiger partial charge >= 0.3 is 0 Å². The number of halogens is 1. The van der Waals surface area contributed by atoms with E-state index in [9.17, 15) is 9.18 Å². The smallest absolute Gasteiger partial charge is 0.255 e. The second-order valence-electron chi connectivity index (χ2n) is 4.31. The van der Waals surface area contributed by atoms with Crippen LogP contribution in [-0.2, 0) is 4.74 Å². The summed E-state index contributed by atoms with van der Waals surface area (Å²) in [6.45, 7) is 3.54. The molecule has 0 radical (unpaired) electrons. The average molecular weight is 268 g/mol. The van der Waals surface area contributed by atoms with Gasteiger partial charge in [-0.1, -0.05) is 13.0 Å². The maximum atomic E-state index is 13.8. The Labute approximate surface area is 113 Å². The Morgan fingerprint density at radius 3 is 2.84 bits per heavy atom. The van der Waals surface area contributed by atoms with Crippen LogP contribution >= 0.6 is 0 Å². The number of methoxy groups -OCH3 is 1. The summed E-state index contributed by atoms with van der Waals surface area (Å²) in [4.78, 5) is 13.8. The predicted octanol–water partition coefficient (Wildman–Crippen LogP) is 2.37. The van der Waals surface area contributed by atoms with E-state index in [4.69, 9.17) is 4.74 Å². The molecule has 1 rings (SSSR count). The molecule has 1 N–H and O–H groups in total. The number of para-hydroxylation sites is 1. The van der Waals surface area contributed by atoms with Crippen molar-refractivity contribution in [1.29, 1.82) is 0 Å². The number of hydrogen-bond acceptors (Lipinski definition) is 3. The molecule has 4 nitrogen and oxygen atoms in total. The van der Waals surface area contributed by atoms with E-state index in [0.29, 0.717) is 25.3 Å². The molecule has 106 valence electrons. The van der Waals surface area contributed by atoms with E-state index in [1.807, 2.05) is 6.92 Å². The van der Waals surface area contributed by atoms with E-state index >= 15 is 0 Å². The molecule has 0 aliphatic rings. The number of likely N-dealkylation sites (N-methyl/N-ethyl adjacent to an activating group) is 1. The van der Waals surface area contributed by atoms with Gasteiger partial charge in [0.25, 0.3) is 5.91 Å². The summed E-state index contributed by atoms with van der Waals surface area (Å²) >= 11 is 0. The van der Waals surface area contributed by atoms with Crippen molar-refractivity contribution >= 4 is 11.6 Å². The van der Waals surface area contributed by atoms with Gasteiger partial charge in [-0.25, -0.2) is 4.39 Å². The topological polar surface area (TPSA) is 41.6 Å². The fourth-order valence-corrected chi connectivity index (χ4v) is 1.67.